The second-order valence-corrected chi connectivity index (χ2v) is 3.63. The van der Waals surface area contributed by atoms with Crippen LogP contribution in [0.4, 0.5) is 5.82 Å². The number of pyridine rings is 1. The topological polar surface area (TPSA) is 71.2 Å². The van der Waals surface area contributed by atoms with E-state index in [1.807, 2.05) is 13.8 Å². The van der Waals surface area contributed by atoms with Crippen molar-refractivity contribution in [3.05, 3.63) is 23.9 Å². The molecule has 1 heterocycles. The van der Waals surface area contributed by atoms with Gasteiger partial charge in [-0.2, -0.15) is 0 Å². The summed E-state index contributed by atoms with van der Waals surface area (Å²) in [6.45, 7) is 6.58. The Bertz CT molecular complexity index is 346. The van der Waals surface area contributed by atoms with Gasteiger partial charge in [0.15, 0.2) is 0 Å². The highest BCUT2D eigenvalue weighted by Crippen LogP contribution is 2.07. The molecule has 1 aromatic heterocycles. The first-order valence-corrected chi connectivity index (χ1v) is 5.92. The summed E-state index contributed by atoms with van der Waals surface area (Å²) < 4.78 is 0. The number of nitrogens with two attached hydrogens (primary N) is 1. The van der Waals surface area contributed by atoms with Gasteiger partial charge < -0.3 is 16.0 Å². The van der Waals surface area contributed by atoms with Gasteiger partial charge in [-0.05, 0) is 26.0 Å². The van der Waals surface area contributed by atoms with Crippen molar-refractivity contribution in [2.45, 2.75) is 13.8 Å². The van der Waals surface area contributed by atoms with Gasteiger partial charge in [0.25, 0.3) is 5.91 Å². The lowest BCUT2D eigenvalue weighted by molar-refractivity contribution is 0.0772. The van der Waals surface area contributed by atoms with E-state index in [-0.39, 0.29) is 5.91 Å². The number of hydrogen-bond donors (Lipinski definition) is 2. The number of rotatable bonds is 6. The van der Waals surface area contributed by atoms with Crippen LogP contribution in [0.15, 0.2) is 18.3 Å². The number of hydrogen-bond acceptors (Lipinski definition) is 4. The van der Waals surface area contributed by atoms with Gasteiger partial charge in [0.1, 0.15) is 5.82 Å². The standard InChI is InChI=1S/C12H20N4O/c1-3-16(4-2)12(17)10-5-6-11(15-9-10)14-8-7-13/h5-6,9H,3-4,7-8,13H2,1-2H3,(H,14,15). The fourth-order valence-electron chi connectivity index (χ4n) is 1.52. The zero-order valence-electron chi connectivity index (χ0n) is 10.4. The summed E-state index contributed by atoms with van der Waals surface area (Å²) in [6, 6.07) is 3.58. The second kappa shape index (κ2) is 6.85. The third kappa shape index (κ3) is 3.71. The van der Waals surface area contributed by atoms with Gasteiger partial charge >= 0.3 is 0 Å². The summed E-state index contributed by atoms with van der Waals surface area (Å²) in [4.78, 5) is 17.9. The van der Waals surface area contributed by atoms with Crippen molar-refractivity contribution in [1.29, 1.82) is 0 Å². The second-order valence-electron chi connectivity index (χ2n) is 3.63. The molecule has 1 rings (SSSR count). The van der Waals surface area contributed by atoms with E-state index in [4.69, 9.17) is 5.73 Å². The van der Waals surface area contributed by atoms with Crippen LogP contribution >= 0.6 is 0 Å². The zero-order chi connectivity index (χ0) is 12.7. The van der Waals surface area contributed by atoms with E-state index < -0.39 is 0 Å². The smallest absolute Gasteiger partial charge is 0.255 e. The van der Waals surface area contributed by atoms with Crippen LogP contribution in [-0.4, -0.2) is 42.0 Å². The highest BCUT2D eigenvalue weighted by molar-refractivity contribution is 5.94. The zero-order valence-corrected chi connectivity index (χ0v) is 10.4. The molecule has 0 aliphatic heterocycles. The first-order valence-electron chi connectivity index (χ1n) is 5.92. The van der Waals surface area contributed by atoms with Gasteiger partial charge in [-0.25, -0.2) is 4.98 Å². The van der Waals surface area contributed by atoms with Crippen LogP contribution in [0, 0.1) is 0 Å². The average molecular weight is 236 g/mol. The summed E-state index contributed by atoms with van der Waals surface area (Å²) in [5.74, 6) is 0.763. The average Bonchev–Trinajstić information content (AvgIpc) is 2.38. The molecule has 0 spiro atoms. The Morgan fingerprint density at radius 3 is 2.59 bits per heavy atom. The quantitative estimate of drug-likeness (QED) is 0.771. The van der Waals surface area contributed by atoms with E-state index in [0.717, 1.165) is 5.82 Å². The molecule has 94 valence electrons. The van der Waals surface area contributed by atoms with E-state index >= 15 is 0 Å². The Labute approximate surface area is 102 Å². The number of aromatic nitrogens is 1. The van der Waals surface area contributed by atoms with Gasteiger partial charge in [-0.15, -0.1) is 0 Å². The number of amides is 1. The fraction of sp³-hybridized carbons (Fsp3) is 0.500. The normalized spacial score (nSPS) is 10.1. The Kier molecular flexibility index (Phi) is 5.42. The Hall–Kier alpha value is -1.62. The Morgan fingerprint density at radius 2 is 2.12 bits per heavy atom. The summed E-state index contributed by atoms with van der Waals surface area (Å²) in [5.41, 5.74) is 6.00. The molecule has 17 heavy (non-hydrogen) atoms. The molecule has 0 radical (unpaired) electrons. The van der Waals surface area contributed by atoms with E-state index in [2.05, 4.69) is 10.3 Å². The fourth-order valence-corrected chi connectivity index (χ4v) is 1.52. The minimum atomic E-state index is 0.0212. The number of carbonyl (C=O) groups excluding carboxylic acids is 1. The van der Waals surface area contributed by atoms with Crippen molar-refractivity contribution in [2.24, 2.45) is 5.73 Å². The van der Waals surface area contributed by atoms with Gasteiger partial charge in [0, 0.05) is 32.4 Å². The maximum atomic E-state index is 12.0. The number of carbonyl (C=O) groups is 1. The predicted molar refractivity (Wildman–Crippen MR) is 69.0 cm³/mol. The highest BCUT2D eigenvalue weighted by Gasteiger charge is 2.12. The van der Waals surface area contributed by atoms with Gasteiger partial charge in [0.05, 0.1) is 5.56 Å². The summed E-state index contributed by atoms with van der Waals surface area (Å²) in [5, 5.41) is 3.06. The van der Waals surface area contributed by atoms with Gasteiger partial charge in [-0.1, -0.05) is 0 Å². The summed E-state index contributed by atoms with van der Waals surface area (Å²) in [6.07, 6.45) is 1.60. The largest absolute Gasteiger partial charge is 0.369 e. The first-order chi connectivity index (χ1) is 8.22. The monoisotopic (exact) mass is 236 g/mol. The molecule has 1 amide bonds. The maximum Gasteiger partial charge on any atom is 0.255 e. The minimum absolute atomic E-state index is 0.0212. The van der Waals surface area contributed by atoms with Crippen molar-refractivity contribution in [1.82, 2.24) is 9.88 Å². The molecule has 5 heteroatoms. The predicted octanol–water partition coefficient (Wildman–Crippen LogP) is 0.934. The summed E-state index contributed by atoms with van der Waals surface area (Å²) in [7, 11) is 0. The lowest BCUT2D eigenvalue weighted by atomic mass is 10.2. The molecule has 0 saturated heterocycles. The number of anilines is 1. The van der Waals surface area contributed by atoms with Crippen LogP contribution in [0.2, 0.25) is 0 Å². The van der Waals surface area contributed by atoms with Crippen LogP contribution in [0.3, 0.4) is 0 Å². The molecule has 0 saturated carbocycles. The van der Waals surface area contributed by atoms with E-state index in [1.165, 1.54) is 0 Å². The number of nitrogens with one attached hydrogen (secondary N) is 1. The van der Waals surface area contributed by atoms with E-state index in [0.29, 0.717) is 31.7 Å². The van der Waals surface area contributed by atoms with Crippen molar-refractivity contribution in [3.8, 4) is 0 Å². The van der Waals surface area contributed by atoms with Crippen LogP contribution in [-0.2, 0) is 0 Å². The van der Waals surface area contributed by atoms with Gasteiger partial charge in [-0.3, -0.25) is 4.79 Å². The van der Waals surface area contributed by atoms with E-state index in [1.54, 1.807) is 23.2 Å². The third-order valence-electron chi connectivity index (χ3n) is 2.51. The van der Waals surface area contributed by atoms with Crippen LogP contribution < -0.4 is 11.1 Å². The Balaban J connectivity index is 2.69. The SMILES string of the molecule is CCN(CC)C(=O)c1ccc(NCCN)nc1. The highest BCUT2D eigenvalue weighted by atomic mass is 16.2. The first kappa shape index (κ1) is 13.4. The molecule has 3 N–H and O–H groups in total. The lowest BCUT2D eigenvalue weighted by Crippen LogP contribution is -2.30. The Morgan fingerprint density at radius 1 is 1.41 bits per heavy atom. The van der Waals surface area contributed by atoms with Crippen molar-refractivity contribution in [2.75, 3.05) is 31.5 Å². The summed E-state index contributed by atoms with van der Waals surface area (Å²) >= 11 is 0. The molecule has 0 unspecified atom stereocenters. The van der Waals surface area contributed by atoms with Crippen molar-refractivity contribution >= 4 is 11.7 Å². The molecular formula is C12H20N4O. The maximum absolute atomic E-state index is 12.0. The van der Waals surface area contributed by atoms with Crippen molar-refractivity contribution < 1.29 is 4.79 Å². The molecule has 5 nitrogen and oxygen atoms in total. The molecular weight excluding hydrogens is 216 g/mol. The molecule has 0 fully saturated rings. The third-order valence-corrected chi connectivity index (χ3v) is 2.51. The van der Waals surface area contributed by atoms with Crippen LogP contribution in [0.25, 0.3) is 0 Å². The number of nitrogens with zero attached hydrogens (tertiary/aromatic N) is 2. The van der Waals surface area contributed by atoms with E-state index in [9.17, 15) is 4.79 Å². The lowest BCUT2D eigenvalue weighted by Gasteiger charge is -2.18. The molecule has 0 aliphatic carbocycles. The molecule has 0 atom stereocenters. The van der Waals surface area contributed by atoms with Gasteiger partial charge in [0.2, 0.25) is 0 Å². The van der Waals surface area contributed by atoms with Crippen LogP contribution in [0.5, 0.6) is 0 Å². The molecule has 1 aromatic rings. The molecule has 0 aliphatic rings. The van der Waals surface area contributed by atoms with Crippen LogP contribution in [0.1, 0.15) is 24.2 Å². The van der Waals surface area contributed by atoms with Crippen molar-refractivity contribution in [3.63, 3.8) is 0 Å². The minimum Gasteiger partial charge on any atom is -0.369 e. The molecule has 0 aromatic carbocycles. The molecule has 0 bridgehead atoms.